The van der Waals surface area contributed by atoms with Crippen molar-refractivity contribution in [2.24, 2.45) is 17.8 Å². The molecule has 128 valence electrons. The average Bonchev–Trinajstić information content (AvgIpc) is 2.86. The van der Waals surface area contributed by atoms with Crippen LogP contribution in [0.4, 0.5) is 0 Å². The Morgan fingerprint density at radius 1 is 1.17 bits per heavy atom. The van der Waals surface area contributed by atoms with Crippen LogP contribution in [0, 0.1) is 17.8 Å². The highest BCUT2D eigenvalue weighted by molar-refractivity contribution is 7.84. The molecule has 0 amide bonds. The molecule has 0 heterocycles. The van der Waals surface area contributed by atoms with Crippen molar-refractivity contribution < 1.29 is 9.00 Å². The maximum atomic E-state index is 12.7. The molecule has 0 radical (unpaired) electrons. The molecule has 1 aliphatic carbocycles. The summed E-state index contributed by atoms with van der Waals surface area (Å²) in [4.78, 5) is 12.6. The van der Waals surface area contributed by atoms with Gasteiger partial charge in [0, 0.05) is 12.3 Å². The van der Waals surface area contributed by atoms with Crippen LogP contribution in [0.1, 0.15) is 59.1 Å². The Hall–Kier alpha value is -1.00. The van der Waals surface area contributed by atoms with Gasteiger partial charge in [0.15, 0.2) is 0 Å². The van der Waals surface area contributed by atoms with Crippen molar-refractivity contribution in [1.82, 2.24) is 4.72 Å². The largest absolute Gasteiger partial charge is 0.299 e. The third-order valence-electron chi connectivity index (χ3n) is 4.72. The van der Waals surface area contributed by atoms with E-state index in [4.69, 9.17) is 0 Å². The fourth-order valence-corrected chi connectivity index (χ4v) is 4.24. The summed E-state index contributed by atoms with van der Waals surface area (Å²) in [6.07, 6.45) is 1.58. The molecule has 0 aliphatic heterocycles. The van der Waals surface area contributed by atoms with Crippen molar-refractivity contribution in [2.45, 2.75) is 58.2 Å². The SMILES string of the molecule is CC(C)[C@@H]1CCC(=O)[C@H]1[C@H](N[S@](=O)C(C)(C)C)c1ccccc1. The number of benzene rings is 1. The topological polar surface area (TPSA) is 46.2 Å². The second-order valence-corrected chi connectivity index (χ2v) is 9.82. The molecule has 4 heteroatoms. The van der Waals surface area contributed by atoms with E-state index in [1.165, 1.54) is 0 Å². The van der Waals surface area contributed by atoms with E-state index in [9.17, 15) is 9.00 Å². The Labute approximate surface area is 142 Å². The molecule has 3 nitrogen and oxygen atoms in total. The van der Waals surface area contributed by atoms with Gasteiger partial charge in [-0.25, -0.2) is 8.93 Å². The molecular weight excluding hydrogens is 306 g/mol. The summed E-state index contributed by atoms with van der Waals surface area (Å²) in [7, 11) is -1.21. The van der Waals surface area contributed by atoms with E-state index in [2.05, 4.69) is 18.6 Å². The summed E-state index contributed by atoms with van der Waals surface area (Å²) in [6.45, 7) is 10.2. The number of rotatable bonds is 5. The van der Waals surface area contributed by atoms with Gasteiger partial charge in [0.25, 0.3) is 0 Å². The normalized spacial score (nSPS) is 24.9. The standard InChI is InChI=1S/C19H29NO2S/c1-13(2)15-11-12-16(21)17(15)18(14-9-7-6-8-10-14)20-23(22)19(3,4)5/h6-10,13,15,17-18,20H,11-12H2,1-5H3/t15-,17-,18+,23+/m0/s1. The van der Waals surface area contributed by atoms with Crippen molar-refractivity contribution in [3.63, 3.8) is 0 Å². The predicted octanol–water partition coefficient (Wildman–Crippen LogP) is 4.03. The van der Waals surface area contributed by atoms with Gasteiger partial charge in [-0.3, -0.25) is 4.79 Å². The molecule has 0 bridgehead atoms. The lowest BCUT2D eigenvalue weighted by molar-refractivity contribution is -0.122. The van der Waals surface area contributed by atoms with Crippen LogP contribution < -0.4 is 4.72 Å². The van der Waals surface area contributed by atoms with Crippen molar-refractivity contribution >= 4 is 16.8 Å². The fourth-order valence-electron chi connectivity index (χ4n) is 3.38. The van der Waals surface area contributed by atoms with Crippen LogP contribution in [-0.2, 0) is 15.8 Å². The Balaban J connectivity index is 2.37. The monoisotopic (exact) mass is 335 g/mol. The molecule has 1 aliphatic rings. The van der Waals surface area contributed by atoms with Crippen molar-refractivity contribution in [1.29, 1.82) is 0 Å². The quantitative estimate of drug-likeness (QED) is 0.883. The highest BCUT2D eigenvalue weighted by Gasteiger charge is 2.43. The predicted molar refractivity (Wildman–Crippen MR) is 96.3 cm³/mol. The van der Waals surface area contributed by atoms with Gasteiger partial charge >= 0.3 is 0 Å². The molecule has 1 saturated carbocycles. The summed E-state index contributed by atoms with van der Waals surface area (Å²) in [6, 6.07) is 9.80. The first kappa shape index (κ1) is 18.3. The van der Waals surface area contributed by atoms with E-state index in [0.29, 0.717) is 24.0 Å². The van der Waals surface area contributed by atoms with Crippen LogP contribution >= 0.6 is 0 Å². The second kappa shape index (κ2) is 7.27. The lowest BCUT2D eigenvalue weighted by Gasteiger charge is -2.32. The Morgan fingerprint density at radius 3 is 2.30 bits per heavy atom. The van der Waals surface area contributed by atoms with E-state index >= 15 is 0 Å². The third kappa shape index (κ3) is 4.30. The Morgan fingerprint density at radius 2 is 1.78 bits per heavy atom. The van der Waals surface area contributed by atoms with Crippen molar-refractivity contribution in [3.8, 4) is 0 Å². The zero-order valence-electron chi connectivity index (χ0n) is 14.8. The van der Waals surface area contributed by atoms with E-state index in [-0.39, 0.29) is 16.7 Å². The van der Waals surface area contributed by atoms with Crippen LogP contribution in [0.15, 0.2) is 30.3 Å². The van der Waals surface area contributed by atoms with Crippen LogP contribution in [0.25, 0.3) is 0 Å². The van der Waals surface area contributed by atoms with E-state index < -0.39 is 11.0 Å². The number of nitrogens with one attached hydrogen (secondary N) is 1. The summed E-state index contributed by atoms with van der Waals surface area (Å²) in [5.41, 5.74) is 1.05. The van der Waals surface area contributed by atoms with Gasteiger partial charge in [-0.05, 0) is 44.6 Å². The van der Waals surface area contributed by atoms with Gasteiger partial charge in [0.05, 0.1) is 21.8 Å². The minimum Gasteiger partial charge on any atom is -0.299 e. The average molecular weight is 336 g/mol. The van der Waals surface area contributed by atoms with Crippen LogP contribution in [0.5, 0.6) is 0 Å². The first-order valence-corrected chi connectivity index (χ1v) is 9.62. The maximum Gasteiger partial charge on any atom is 0.138 e. The first-order valence-electron chi connectivity index (χ1n) is 8.47. The minimum absolute atomic E-state index is 0.0938. The molecule has 1 fully saturated rings. The molecule has 0 aromatic heterocycles. The zero-order chi connectivity index (χ0) is 17.2. The summed E-state index contributed by atoms with van der Waals surface area (Å²) < 4.78 is 15.6. The number of ketones is 1. The molecule has 0 unspecified atom stereocenters. The van der Waals surface area contributed by atoms with E-state index in [0.717, 1.165) is 12.0 Å². The molecule has 4 atom stereocenters. The third-order valence-corrected chi connectivity index (χ3v) is 6.30. The fraction of sp³-hybridized carbons (Fsp3) is 0.632. The minimum atomic E-state index is -1.21. The lowest BCUT2D eigenvalue weighted by Crippen LogP contribution is -2.41. The smallest absolute Gasteiger partial charge is 0.138 e. The maximum absolute atomic E-state index is 12.7. The second-order valence-electron chi connectivity index (χ2n) is 7.83. The first-order chi connectivity index (χ1) is 10.7. The highest BCUT2D eigenvalue weighted by Crippen LogP contribution is 2.42. The van der Waals surface area contributed by atoms with Crippen molar-refractivity contribution in [3.05, 3.63) is 35.9 Å². The van der Waals surface area contributed by atoms with Gasteiger partial charge < -0.3 is 0 Å². The number of Topliss-reactive ketones (excluding diaryl/α,β-unsaturated/α-hetero) is 1. The van der Waals surface area contributed by atoms with Gasteiger partial charge in [0.2, 0.25) is 0 Å². The van der Waals surface area contributed by atoms with Gasteiger partial charge in [-0.15, -0.1) is 0 Å². The van der Waals surface area contributed by atoms with Gasteiger partial charge in [0.1, 0.15) is 5.78 Å². The summed E-state index contributed by atoms with van der Waals surface area (Å²) in [5, 5.41) is 0. The molecule has 23 heavy (non-hydrogen) atoms. The van der Waals surface area contributed by atoms with E-state index in [1.54, 1.807) is 0 Å². The molecular formula is C19H29NO2S. The molecule has 2 rings (SSSR count). The summed E-state index contributed by atoms with van der Waals surface area (Å²) >= 11 is 0. The van der Waals surface area contributed by atoms with Gasteiger partial charge in [-0.1, -0.05) is 44.2 Å². The Kier molecular flexibility index (Phi) is 5.79. The zero-order valence-corrected chi connectivity index (χ0v) is 15.7. The van der Waals surface area contributed by atoms with Gasteiger partial charge in [-0.2, -0.15) is 0 Å². The Bertz CT molecular complexity index is 562. The van der Waals surface area contributed by atoms with Crippen LogP contribution in [0.3, 0.4) is 0 Å². The van der Waals surface area contributed by atoms with Crippen LogP contribution in [-0.4, -0.2) is 14.7 Å². The van der Waals surface area contributed by atoms with Crippen LogP contribution in [0.2, 0.25) is 0 Å². The van der Waals surface area contributed by atoms with Crippen molar-refractivity contribution in [2.75, 3.05) is 0 Å². The summed E-state index contributed by atoms with van der Waals surface area (Å²) in [5.74, 6) is 0.999. The van der Waals surface area contributed by atoms with E-state index in [1.807, 2.05) is 51.1 Å². The molecule has 1 aromatic carbocycles. The molecule has 1 aromatic rings. The molecule has 0 saturated heterocycles. The molecule has 0 spiro atoms. The highest BCUT2D eigenvalue weighted by atomic mass is 32.2. The number of carbonyl (C=O) groups excluding carboxylic acids is 1. The molecule has 1 N–H and O–H groups in total. The lowest BCUT2D eigenvalue weighted by atomic mass is 9.79. The number of hydrogen-bond donors (Lipinski definition) is 1. The number of carbonyl (C=O) groups is 1. The number of hydrogen-bond acceptors (Lipinski definition) is 2.